The summed E-state index contributed by atoms with van der Waals surface area (Å²) in [5, 5.41) is 9.43. The van der Waals surface area contributed by atoms with Crippen LogP contribution in [0.15, 0.2) is 36.7 Å². The number of aromatic nitrogens is 1. The Balaban J connectivity index is 2.38. The van der Waals surface area contributed by atoms with Gasteiger partial charge in [0, 0.05) is 6.20 Å². The third-order valence-corrected chi connectivity index (χ3v) is 2.52. The molecular formula is C13H9ClN2O. The van der Waals surface area contributed by atoms with Crippen LogP contribution < -0.4 is 4.74 Å². The van der Waals surface area contributed by atoms with Crippen LogP contribution in [0.5, 0.6) is 11.5 Å². The molecule has 0 saturated carbocycles. The van der Waals surface area contributed by atoms with E-state index in [1.54, 1.807) is 18.3 Å². The molecule has 1 aromatic carbocycles. The van der Waals surface area contributed by atoms with E-state index in [1.165, 1.54) is 6.20 Å². The van der Waals surface area contributed by atoms with Crippen molar-refractivity contribution in [1.29, 1.82) is 5.26 Å². The normalized spacial score (nSPS) is 9.71. The second-order valence-electron chi connectivity index (χ2n) is 3.52. The summed E-state index contributed by atoms with van der Waals surface area (Å²) < 4.78 is 5.60. The summed E-state index contributed by atoms with van der Waals surface area (Å²) >= 11 is 6.01. The van der Waals surface area contributed by atoms with Crippen LogP contribution in [0.1, 0.15) is 11.1 Å². The highest BCUT2D eigenvalue weighted by Gasteiger charge is 2.07. The summed E-state index contributed by atoms with van der Waals surface area (Å²) in [5.74, 6) is 0.929. The number of nitriles is 1. The standard InChI is InChI=1S/C13H9ClN2O/c1-9-2-3-11(14)12(6-9)17-13-8-16-5-4-10(13)7-15/h2-6,8H,1H3. The Morgan fingerprint density at radius 2 is 2.12 bits per heavy atom. The van der Waals surface area contributed by atoms with Gasteiger partial charge < -0.3 is 4.74 Å². The number of ether oxygens (including phenoxy) is 1. The fourth-order valence-electron chi connectivity index (χ4n) is 1.36. The number of aryl methyl sites for hydroxylation is 1. The topological polar surface area (TPSA) is 45.9 Å². The molecule has 0 aliphatic heterocycles. The molecule has 0 atom stereocenters. The number of nitrogens with zero attached hydrogens (tertiary/aromatic N) is 2. The number of hydrogen-bond donors (Lipinski definition) is 0. The van der Waals surface area contributed by atoms with Gasteiger partial charge in [-0.1, -0.05) is 17.7 Å². The third kappa shape index (κ3) is 2.55. The molecule has 0 bridgehead atoms. The van der Waals surface area contributed by atoms with E-state index in [-0.39, 0.29) is 0 Å². The van der Waals surface area contributed by atoms with Crippen molar-refractivity contribution in [1.82, 2.24) is 4.98 Å². The lowest BCUT2D eigenvalue weighted by molar-refractivity contribution is 0.478. The molecular weight excluding hydrogens is 236 g/mol. The Morgan fingerprint density at radius 1 is 1.29 bits per heavy atom. The zero-order valence-electron chi connectivity index (χ0n) is 9.14. The van der Waals surface area contributed by atoms with Gasteiger partial charge >= 0.3 is 0 Å². The lowest BCUT2D eigenvalue weighted by atomic mass is 10.2. The number of hydrogen-bond acceptors (Lipinski definition) is 3. The fraction of sp³-hybridized carbons (Fsp3) is 0.0769. The predicted octanol–water partition coefficient (Wildman–Crippen LogP) is 3.71. The second kappa shape index (κ2) is 4.86. The highest BCUT2D eigenvalue weighted by Crippen LogP contribution is 2.31. The largest absolute Gasteiger partial charge is 0.453 e. The zero-order chi connectivity index (χ0) is 12.3. The molecule has 0 fully saturated rings. The molecule has 1 aromatic heterocycles. The predicted molar refractivity (Wildman–Crippen MR) is 65.2 cm³/mol. The van der Waals surface area contributed by atoms with Crippen LogP contribution >= 0.6 is 11.6 Å². The van der Waals surface area contributed by atoms with E-state index in [9.17, 15) is 0 Å². The molecule has 4 heteroatoms. The van der Waals surface area contributed by atoms with Gasteiger partial charge in [0.05, 0.1) is 16.8 Å². The van der Waals surface area contributed by atoms with Crippen molar-refractivity contribution in [3.63, 3.8) is 0 Å². The van der Waals surface area contributed by atoms with E-state index in [0.717, 1.165) is 5.56 Å². The first-order valence-electron chi connectivity index (χ1n) is 4.99. The molecule has 0 amide bonds. The van der Waals surface area contributed by atoms with Crippen LogP contribution in [0.2, 0.25) is 5.02 Å². The van der Waals surface area contributed by atoms with Crippen LogP contribution in [0.3, 0.4) is 0 Å². The highest BCUT2D eigenvalue weighted by molar-refractivity contribution is 6.32. The van der Waals surface area contributed by atoms with Gasteiger partial charge in [-0.25, -0.2) is 0 Å². The summed E-state index contributed by atoms with van der Waals surface area (Å²) in [7, 11) is 0. The Bertz CT molecular complexity index is 590. The van der Waals surface area contributed by atoms with Crippen LogP contribution in [0, 0.1) is 18.3 Å². The van der Waals surface area contributed by atoms with Crippen LogP contribution in [0.25, 0.3) is 0 Å². The Kier molecular flexibility index (Phi) is 3.27. The minimum atomic E-state index is 0.405. The molecule has 0 aliphatic rings. The van der Waals surface area contributed by atoms with Gasteiger partial charge in [-0.15, -0.1) is 0 Å². The molecule has 2 aromatic rings. The van der Waals surface area contributed by atoms with Crippen molar-refractivity contribution >= 4 is 11.6 Å². The molecule has 2 rings (SSSR count). The van der Waals surface area contributed by atoms with E-state index in [2.05, 4.69) is 4.98 Å². The van der Waals surface area contributed by atoms with Gasteiger partial charge in [0.25, 0.3) is 0 Å². The van der Waals surface area contributed by atoms with Crippen molar-refractivity contribution < 1.29 is 4.74 Å². The molecule has 0 N–H and O–H groups in total. The van der Waals surface area contributed by atoms with Gasteiger partial charge in [-0.3, -0.25) is 4.98 Å². The molecule has 0 aliphatic carbocycles. The van der Waals surface area contributed by atoms with E-state index in [0.29, 0.717) is 22.1 Å². The minimum Gasteiger partial charge on any atom is -0.453 e. The first kappa shape index (κ1) is 11.4. The maximum absolute atomic E-state index is 8.93. The first-order valence-corrected chi connectivity index (χ1v) is 5.36. The number of rotatable bonds is 2. The summed E-state index contributed by atoms with van der Waals surface area (Å²) in [6.07, 6.45) is 3.04. The molecule has 1 heterocycles. The van der Waals surface area contributed by atoms with Gasteiger partial charge in [0.15, 0.2) is 5.75 Å². The van der Waals surface area contributed by atoms with Crippen molar-refractivity contribution in [3.05, 3.63) is 52.8 Å². The van der Waals surface area contributed by atoms with Crippen molar-refractivity contribution in [2.75, 3.05) is 0 Å². The fourth-order valence-corrected chi connectivity index (χ4v) is 1.52. The minimum absolute atomic E-state index is 0.405. The summed E-state index contributed by atoms with van der Waals surface area (Å²) in [6, 6.07) is 9.11. The van der Waals surface area contributed by atoms with Gasteiger partial charge in [0.1, 0.15) is 11.8 Å². The average molecular weight is 245 g/mol. The van der Waals surface area contributed by atoms with Gasteiger partial charge in [-0.05, 0) is 30.7 Å². The molecule has 0 radical (unpaired) electrons. The van der Waals surface area contributed by atoms with Crippen LogP contribution in [-0.4, -0.2) is 4.98 Å². The Hall–Kier alpha value is -2.05. The molecule has 0 unspecified atom stereocenters. The van der Waals surface area contributed by atoms with Gasteiger partial charge in [-0.2, -0.15) is 5.26 Å². The number of benzene rings is 1. The van der Waals surface area contributed by atoms with E-state index in [1.807, 2.05) is 25.1 Å². The lowest BCUT2D eigenvalue weighted by Gasteiger charge is -2.08. The van der Waals surface area contributed by atoms with Crippen molar-refractivity contribution in [2.24, 2.45) is 0 Å². The SMILES string of the molecule is Cc1ccc(Cl)c(Oc2cnccc2C#N)c1. The van der Waals surface area contributed by atoms with E-state index < -0.39 is 0 Å². The summed E-state index contributed by atoms with van der Waals surface area (Å²) in [5.41, 5.74) is 1.46. The van der Waals surface area contributed by atoms with Crippen molar-refractivity contribution in [2.45, 2.75) is 6.92 Å². The average Bonchev–Trinajstić information content (AvgIpc) is 2.34. The molecule has 0 spiro atoms. The molecule has 84 valence electrons. The molecule has 17 heavy (non-hydrogen) atoms. The number of halogens is 1. The first-order chi connectivity index (χ1) is 8.20. The summed E-state index contributed by atoms with van der Waals surface area (Å²) in [4.78, 5) is 3.92. The monoisotopic (exact) mass is 244 g/mol. The second-order valence-corrected chi connectivity index (χ2v) is 3.93. The number of pyridine rings is 1. The Labute approximate surface area is 104 Å². The quantitative estimate of drug-likeness (QED) is 0.809. The molecule has 3 nitrogen and oxygen atoms in total. The zero-order valence-corrected chi connectivity index (χ0v) is 9.90. The summed E-state index contributed by atoms with van der Waals surface area (Å²) in [6.45, 7) is 1.94. The Morgan fingerprint density at radius 3 is 2.88 bits per heavy atom. The van der Waals surface area contributed by atoms with Crippen LogP contribution in [-0.2, 0) is 0 Å². The van der Waals surface area contributed by atoms with Crippen molar-refractivity contribution in [3.8, 4) is 17.6 Å². The third-order valence-electron chi connectivity index (χ3n) is 2.21. The van der Waals surface area contributed by atoms with Gasteiger partial charge in [0.2, 0.25) is 0 Å². The van der Waals surface area contributed by atoms with E-state index >= 15 is 0 Å². The lowest BCUT2D eigenvalue weighted by Crippen LogP contribution is -1.90. The maximum Gasteiger partial charge on any atom is 0.163 e. The van der Waals surface area contributed by atoms with Crippen LogP contribution in [0.4, 0.5) is 0 Å². The van der Waals surface area contributed by atoms with E-state index in [4.69, 9.17) is 21.6 Å². The highest BCUT2D eigenvalue weighted by atomic mass is 35.5. The molecule has 0 saturated heterocycles. The smallest absolute Gasteiger partial charge is 0.163 e. The maximum atomic E-state index is 8.93.